The second kappa shape index (κ2) is 6.45. The van der Waals surface area contributed by atoms with Crippen LogP contribution in [-0.4, -0.2) is 6.61 Å². The summed E-state index contributed by atoms with van der Waals surface area (Å²) in [7, 11) is 0. The third-order valence-corrected chi connectivity index (χ3v) is 4.89. The molecule has 1 aromatic carbocycles. The van der Waals surface area contributed by atoms with E-state index >= 15 is 0 Å². The van der Waals surface area contributed by atoms with Crippen molar-refractivity contribution >= 4 is 0 Å². The number of hydrogen-bond donors (Lipinski definition) is 0. The summed E-state index contributed by atoms with van der Waals surface area (Å²) in [6, 6.07) is 8.92. The SMILES string of the molecule is CCC[C@@]1(c2ccc(OCC)cc2)CCCC[C@@H]1C. The molecular weight excluding hydrogens is 232 g/mol. The fourth-order valence-electron chi connectivity index (χ4n) is 3.85. The molecule has 0 heterocycles. The van der Waals surface area contributed by atoms with E-state index in [4.69, 9.17) is 4.74 Å². The van der Waals surface area contributed by atoms with Crippen LogP contribution >= 0.6 is 0 Å². The van der Waals surface area contributed by atoms with E-state index in [0.29, 0.717) is 5.41 Å². The molecule has 0 spiro atoms. The maximum atomic E-state index is 5.57. The third kappa shape index (κ3) is 2.96. The van der Waals surface area contributed by atoms with Gasteiger partial charge in [-0.1, -0.05) is 45.2 Å². The molecule has 2 rings (SSSR count). The van der Waals surface area contributed by atoms with E-state index in [9.17, 15) is 0 Å². The highest BCUT2D eigenvalue weighted by Crippen LogP contribution is 2.47. The van der Waals surface area contributed by atoms with E-state index in [1.54, 1.807) is 0 Å². The Labute approximate surface area is 118 Å². The molecule has 0 unspecified atom stereocenters. The van der Waals surface area contributed by atoms with Gasteiger partial charge in [0, 0.05) is 0 Å². The molecule has 1 fully saturated rings. The average Bonchev–Trinajstić information content (AvgIpc) is 2.43. The van der Waals surface area contributed by atoms with Crippen LogP contribution in [0.4, 0.5) is 0 Å². The smallest absolute Gasteiger partial charge is 0.119 e. The molecule has 0 aliphatic heterocycles. The highest BCUT2D eigenvalue weighted by molar-refractivity contribution is 5.33. The van der Waals surface area contributed by atoms with Gasteiger partial charge in [-0.15, -0.1) is 0 Å². The number of rotatable bonds is 5. The predicted octanol–water partition coefficient (Wildman–Crippen LogP) is 5.33. The molecule has 1 aliphatic rings. The lowest BCUT2D eigenvalue weighted by Crippen LogP contribution is -2.36. The molecule has 1 aromatic rings. The van der Waals surface area contributed by atoms with Gasteiger partial charge in [-0.25, -0.2) is 0 Å². The Balaban J connectivity index is 2.27. The van der Waals surface area contributed by atoms with E-state index in [-0.39, 0.29) is 0 Å². The summed E-state index contributed by atoms with van der Waals surface area (Å²) in [5.41, 5.74) is 1.95. The molecule has 1 nitrogen and oxygen atoms in total. The third-order valence-electron chi connectivity index (χ3n) is 4.89. The highest BCUT2D eigenvalue weighted by Gasteiger charge is 2.38. The minimum atomic E-state index is 0.414. The highest BCUT2D eigenvalue weighted by atomic mass is 16.5. The van der Waals surface area contributed by atoms with Crippen LogP contribution < -0.4 is 4.74 Å². The molecule has 1 saturated carbocycles. The second-order valence-corrected chi connectivity index (χ2v) is 6.01. The predicted molar refractivity (Wildman–Crippen MR) is 81.8 cm³/mol. The summed E-state index contributed by atoms with van der Waals surface area (Å²) in [5.74, 6) is 1.81. The largest absolute Gasteiger partial charge is 0.494 e. The molecule has 1 aliphatic carbocycles. The van der Waals surface area contributed by atoms with Crippen LogP contribution in [0.1, 0.15) is 64.9 Å². The van der Waals surface area contributed by atoms with E-state index in [2.05, 4.69) is 38.1 Å². The maximum Gasteiger partial charge on any atom is 0.119 e. The number of ether oxygens (including phenoxy) is 1. The molecule has 0 bridgehead atoms. The quantitative estimate of drug-likeness (QED) is 0.695. The van der Waals surface area contributed by atoms with Gasteiger partial charge in [-0.3, -0.25) is 0 Å². The van der Waals surface area contributed by atoms with Gasteiger partial charge < -0.3 is 4.74 Å². The van der Waals surface area contributed by atoms with Crippen molar-refractivity contribution < 1.29 is 4.74 Å². The fourth-order valence-corrected chi connectivity index (χ4v) is 3.85. The molecule has 0 saturated heterocycles. The molecule has 0 amide bonds. The minimum Gasteiger partial charge on any atom is -0.494 e. The average molecular weight is 260 g/mol. The van der Waals surface area contributed by atoms with Crippen LogP contribution in [0.25, 0.3) is 0 Å². The Bertz CT molecular complexity index is 377. The summed E-state index contributed by atoms with van der Waals surface area (Å²) in [5, 5.41) is 0. The van der Waals surface area contributed by atoms with Crippen LogP contribution in [-0.2, 0) is 5.41 Å². The van der Waals surface area contributed by atoms with Crippen LogP contribution in [0.5, 0.6) is 5.75 Å². The van der Waals surface area contributed by atoms with Gasteiger partial charge in [-0.2, -0.15) is 0 Å². The summed E-state index contributed by atoms with van der Waals surface area (Å²) in [6.07, 6.45) is 8.13. The molecule has 2 atom stereocenters. The first-order valence-electron chi connectivity index (χ1n) is 7.96. The first kappa shape index (κ1) is 14.4. The number of benzene rings is 1. The molecule has 1 heteroatoms. The lowest BCUT2D eigenvalue weighted by molar-refractivity contribution is 0.184. The van der Waals surface area contributed by atoms with Gasteiger partial charge in [0.2, 0.25) is 0 Å². The van der Waals surface area contributed by atoms with Gasteiger partial charge >= 0.3 is 0 Å². The normalized spacial score (nSPS) is 27.2. The van der Waals surface area contributed by atoms with Crippen molar-refractivity contribution in [1.29, 1.82) is 0 Å². The first-order valence-corrected chi connectivity index (χ1v) is 7.96. The standard InChI is InChI=1S/C18H28O/c1-4-13-18(14-7-6-8-15(18)3)16-9-11-17(12-10-16)19-5-2/h9-12,15H,4-8,13-14H2,1-3H3/t15-,18+/m0/s1. The Morgan fingerprint density at radius 1 is 1.16 bits per heavy atom. The van der Waals surface area contributed by atoms with Crippen molar-refractivity contribution in [2.45, 2.75) is 64.7 Å². The van der Waals surface area contributed by atoms with Crippen molar-refractivity contribution in [3.8, 4) is 5.75 Å². The van der Waals surface area contributed by atoms with E-state index in [0.717, 1.165) is 18.3 Å². The Hall–Kier alpha value is -0.980. The zero-order chi connectivity index (χ0) is 13.7. The summed E-state index contributed by atoms with van der Waals surface area (Å²) >= 11 is 0. The second-order valence-electron chi connectivity index (χ2n) is 6.01. The van der Waals surface area contributed by atoms with Crippen LogP contribution in [0.3, 0.4) is 0 Å². The zero-order valence-corrected chi connectivity index (χ0v) is 12.7. The van der Waals surface area contributed by atoms with E-state index in [1.807, 2.05) is 6.92 Å². The van der Waals surface area contributed by atoms with E-state index in [1.165, 1.54) is 44.1 Å². The minimum absolute atomic E-state index is 0.414. The molecular formula is C18H28O. The number of hydrogen-bond acceptors (Lipinski definition) is 1. The zero-order valence-electron chi connectivity index (χ0n) is 12.7. The van der Waals surface area contributed by atoms with Crippen LogP contribution in [0.15, 0.2) is 24.3 Å². The summed E-state index contributed by atoms with van der Waals surface area (Å²) in [6.45, 7) is 7.55. The Kier molecular flexibility index (Phi) is 4.90. The fraction of sp³-hybridized carbons (Fsp3) is 0.667. The van der Waals surface area contributed by atoms with Gasteiger partial charge in [0.15, 0.2) is 0 Å². The monoisotopic (exact) mass is 260 g/mol. The summed E-state index contributed by atoms with van der Waals surface area (Å²) < 4.78 is 5.57. The lowest BCUT2D eigenvalue weighted by Gasteiger charge is -2.43. The van der Waals surface area contributed by atoms with Crippen molar-refractivity contribution in [3.05, 3.63) is 29.8 Å². The summed E-state index contributed by atoms with van der Waals surface area (Å²) in [4.78, 5) is 0. The Morgan fingerprint density at radius 2 is 1.89 bits per heavy atom. The van der Waals surface area contributed by atoms with Crippen molar-refractivity contribution in [3.63, 3.8) is 0 Å². The molecule has 106 valence electrons. The first-order chi connectivity index (χ1) is 9.23. The van der Waals surface area contributed by atoms with Crippen molar-refractivity contribution in [2.75, 3.05) is 6.61 Å². The lowest BCUT2D eigenvalue weighted by atomic mass is 9.61. The topological polar surface area (TPSA) is 9.23 Å². The molecule has 0 radical (unpaired) electrons. The van der Waals surface area contributed by atoms with Gasteiger partial charge in [-0.05, 0) is 55.2 Å². The van der Waals surface area contributed by atoms with Crippen molar-refractivity contribution in [1.82, 2.24) is 0 Å². The molecule has 0 N–H and O–H groups in total. The molecule has 19 heavy (non-hydrogen) atoms. The van der Waals surface area contributed by atoms with E-state index < -0.39 is 0 Å². The molecule has 0 aromatic heterocycles. The maximum absolute atomic E-state index is 5.57. The van der Waals surface area contributed by atoms with Gasteiger partial charge in [0.1, 0.15) is 5.75 Å². The van der Waals surface area contributed by atoms with Crippen molar-refractivity contribution in [2.24, 2.45) is 5.92 Å². The van der Waals surface area contributed by atoms with Crippen LogP contribution in [0.2, 0.25) is 0 Å². The van der Waals surface area contributed by atoms with Crippen LogP contribution in [0, 0.1) is 5.92 Å². The Morgan fingerprint density at radius 3 is 2.47 bits per heavy atom. The van der Waals surface area contributed by atoms with Gasteiger partial charge in [0.25, 0.3) is 0 Å². The van der Waals surface area contributed by atoms with Gasteiger partial charge in [0.05, 0.1) is 6.61 Å².